The van der Waals surface area contributed by atoms with Gasteiger partial charge in [0.05, 0.1) is 13.0 Å². The minimum Gasteiger partial charge on any atom is -0.468 e. The normalized spacial score (nSPS) is 33.6. The molecule has 1 aliphatic carbocycles. The maximum absolute atomic E-state index is 12.0. The first-order chi connectivity index (χ1) is 7.99. The molecule has 1 aliphatic rings. The molecular formula is C13H20O4. The molecule has 0 aromatic carbocycles. The van der Waals surface area contributed by atoms with E-state index in [-0.39, 0.29) is 23.4 Å². The Balaban J connectivity index is 3.12. The summed E-state index contributed by atoms with van der Waals surface area (Å²) in [6.45, 7) is 5.41. The van der Waals surface area contributed by atoms with Gasteiger partial charge in [-0.05, 0) is 19.3 Å². The minimum atomic E-state index is -0.761. The number of rotatable bonds is 3. The lowest BCUT2D eigenvalue weighted by Crippen LogP contribution is -2.49. The van der Waals surface area contributed by atoms with Crippen LogP contribution >= 0.6 is 0 Å². The van der Waals surface area contributed by atoms with Crippen LogP contribution in [0, 0.1) is 23.7 Å². The number of carbonyl (C=O) groups is 3. The molecule has 0 saturated heterocycles. The second-order valence-electron chi connectivity index (χ2n) is 4.61. The fraction of sp³-hybridized carbons (Fsp3) is 0.769. The molecule has 0 aromatic heterocycles. The number of methoxy groups -OCH3 is 1. The van der Waals surface area contributed by atoms with E-state index in [4.69, 9.17) is 4.74 Å². The van der Waals surface area contributed by atoms with Gasteiger partial charge in [0.1, 0.15) is 11.7 Å². The number of esters is 1. The molecule has 4 nitrogen and oxygen atoms in total. The number of hydrogen-bond donors (Lipinski definition) is 0. The third kappa shape index (κ3) is 2.26. The summed E-state index contributed by atoms with van der Waals surface area (Å²) in [5.41, 5.74) is 0. The summed E-state index contributed by atoms with van der Waals surface area (Å²) in [4.78, 5) is 35.8. The molecule has 4 heteroatoms. The molecule has 4 atom stereocenters. The van der Waals surface area contributed by atoms with Gasteiger partial charge in [-0.2, -0.15) is 0 Å². The van der Waals surface area contributed by atoms with Crippen LogP contribution < -0.4 is 0 Å². The van der Waals surface area contributed by atoms with Gasteiger partial charge in [-0.3, -0.25) is 14.4 Å². The zero-order valence-corrected chi connectivity index (χ0v) is 10.9. The summed E-state index contributed by atoms with van der Waals surface area (Å²) in [6.07, 6.45) is 1.31. The monoisotopic (exact) mass is 240 g/mol. The highest BCUT2D eigenvalue weighted by atomic mass is 16.5. The van der Waals surface area contributed by atoms with Gasteiger partial charge in [0.2, 0.25) is 0 Å². The molecule has 0 radical (unpaired) electrons. The Morgan fingerprint density at radius 3 is 2.18 bits per heavy atom. The Hall–Kier alpha value is -1.19. The summed E-state index contributed by atoms with van der Waals surface area (Å²) in [7, 11) is 1.28. The van der Waals surface area contributed by atoms with Gasteiger partial charge in [-0.15, -0.1) is 0 Å². The van der Waals surface area contributed by atoms with Crippen molar-refractivity contribution in [3.05, 3.63) is 0 Å². The minimum absolute atomic E-state index is 0.0236. The molecule has 0 aliphatic heterocycles. The van der Waals surface area contributed by atoms with E-state index in [0.717, 1.165) is 0 Å². The Morgan fingerprint density at radius 2 is 1.76 bits per heavy atom. The maximum Gasteiger partial charge on any atom is 0.316 e. The van der Waals surface area contributed by atoms with E-state index in [1.165, 1.54) is 7.11 Å². The molecular weight excluding hydrogens is 220 g/mol. The molecule has 0 aromatic rings. The van der Waals surface area contributed by atoms with Crippen LogP contribution in [-0.2, 0) is 19.1 Å². The molecule has 0 heterocycles. The van der Waals surface area contributed by atoms with E-state index in [0.29, 0.717) is 12.8 Å². The molecule has 17 heavy (non-hydrogen) atoms. The first kappa shape index (κ1) is 13.9. The smallest absolute Gasteiger partial charge is 0.316 e. The van der Waals surface area contributed by atoms with E-state index in [9.17, 15) is 14.4 Å². The van der Waals surface area contributed by atoms with Crippen LogP contribution in [-0.4, -0.2) is 24.6 Å². The van der Waals surface area contributed by atoms with Crippen molar-refractivity contribution < 1.29 is 19.1 Å². The topological polar surface area (TPSA) is 60.4 Å². The van der Waals surface area contributed by atoms with Crippen molar-refractivity contribution in [3.63, 3.8) is 0 Å². The van der Waals surface area contributed by atoms with Crippen molar-refractivity contribution in [3.8, 4) is 0 Å². The molecule has 0 amide bonds. The van der Waals surface area contributed by atoms with Crippen LogP contribution in [0.1, 0.15) is 33.6 Å². The number of ketones is 2. The fourth-order valence-electron chi connectivity index (χ4n) is 2.83. The highest BCUT2D eigenvalue weighted by Crippen LogP contribution is 2.37. The standard InChI is InChI=1S/C13H20O4/c1-5-8-9(6-2)11(14)7(3)12(15)10(8)13(16)17-4/h7-10H,5-6H2,1-4H3. The van der Waals surface area contributed by atoms with Gasteiger partial charge in [0.25, 0.3) is 0 Å². The molecule has 1 fully saturated rings. The average Bonchev–Trinajstić information content (AvgIpc) is 2.34. The summed E-state index contributed by atoms with van der Waals surface area (Å²) >= 11 is 0. The summed E-state index contributed by atoms with van der Waals surface area (Å²) in [5.74, 6) is -2.64. The molecule has 4 unspecified atom stereocenters. The summed E-state index contributed by atoms with van der Waals surface area (Å²) in [5, 5.41) is 0. The van der Waals surface area contributed by atoms with E-state index < -0.39 is 17.8 Å². The van der Waals surface area contributed by atoms with Crippen molar-refractivity contribution in [2.24, 2.45) is 23.7 Å². The van der Waals surface area contributed by atoms with Gasteiger partial charge in [-0.1, -0.05) is 20.3 Å². The predicted molar refractivity (Wildman–Crippen MR) is 62.2 cm³/mol. The van der Waals surface area contributed by atoms with Crippen LogP contribution in [0.15, 0.2) is 0 Å². The lowest BCUT2D eigenvalue weighted by Gasteiger charge is -2.36. The van der Waals surface area contributed by atoms with Gasteiger partial charge >= 0.3 is 5.97 Å². The largest absolute Gasteiger partial charge is 0.468 e. The third-order valence-corrected chi connectivity index (χ3v) is 3.84. The zero-order valence-electron chi connectivity index (χ0n) is 10.9. The molecule has 0 spiro atoms. The highest BCUT2D eigenvalue weighted by molar-refractivity contribution is 6.13. The van der Waals surface area contributed by atoms with Gasteiger partial charge < -0.3 is 4.74 Å². The zero-order chi connectivity index (χ0) is 13.2. The predicted octanol–water partition coefficient (Wildman–Crippen LogP) is 1.62. The van der Waals surface area contributed by atoms with Gasteiger partial charge in [-0.25, -0.2) is 0 Å². The second-order valence-corrected chi connectivity index (χ2v) is 4.61. The average molecular weight is 240 g/mol. The quantitative estimate of drug-likeness (QED) is 0.555. The van der Waals surface area contributed by atoms with E-state index in [1.807, 2.05) is 13.8 Å². The molecule has 1 rings (SSSR count). The Labute approximate surface area is 102 Å². The van der Waals surface area contributed by atoms with Crippen LogP contribution in [0.4, 0.5) is 0 Å². The van der Waals surface area contributed by atoms with Crippen molar-refractivity contribution in [2.75, 3.05) is 7.11 Å². The number of ether oxygens (including phenoxy) is 1. The Bertz CT molecular complexity index is 334. The number of Topliss-reactive ketones (excluding diaryl/α,β-unsaturated/α-hetero) is 2. The molecule has 96 valence electrons. The Kier molecular flexibility index (Phi) is 4.43. The lowest BCUT2D eigenvalue weighted by molar-refractivity contribution is -0.159. The number of hydrogen-bond acceptors (Lipinski definition) is 4. The Morgan fingerprint density at radius 1 is 1.18 bits per heavy atom. The van der Waals surface area contributed by atoms with Crippen molar-refractivity contribution in [1.82, 2.24) is 0 Å². The van der Waals surface area contributed by atoms with Crippen molar-refractivity contribution in [2.45, 2.75) is 33.6 Å². The van der Waals surface area contributed by atoms with Gasteiger partial charge in [0.15, 0.2) is 5.78 Å². The van der Waals surface area contributed by atoms with Crippen molar-refractivity contribution in [1.29, 1.82) is 0 Å². The van der Waals surface area contributed by atoms with Crippen LogP contribution in [0.5, 0.6) is 0 Å². The highest BCUT2D eigenvalue weighted by Gasteiger charge is 2.49. The van der Waals surface area contributed by atoms with Crippen LogP contribution in [0.3, 0.4) is 0 Å². The third-order valence-electron chi connectivity index (χ3n) is 3.84. The fourth-order valence-corrected chi connectivity index (χ4v) is 2.83. The van der Waals surface area contributed by atoms with E-state index in [2.05, 4.69) is 0 Å². The van der Waals surface area contributed by atoms with Crippen LogP contribution in [0.2, 0.25) is 0 Å². The molecule has 0 N–H and O–H groups in total. The van der Waals surface area contributed by atoms with Crippen LogP contribution in [0.25, 0.3) is 0 Å². The molecule has 1 saturated carbocycles. The summed E-state index contributed by atoms with van der Waals surface area (Å²) in [6, 6.07) is 0. The lowest BCUT2D eigenvalue weighted by atomic mass is 9.65. The van der Waals surface area contributed by atoms with E-state index >= 15 is 0 Å². The number of carbonyl (C=O) groups excluding carboxylic acids is 3. The maximum atomic E-state index is 12.0. The first-order valence-electron chi connectivity index (χ1n) is 6.14. The first-order valence-corrected chi connectivity index (χ1v) is 6.14. The SMILES string of the molecule is CCC1C(=O)C(C)C(=O)C(C(=O)OC)C1CC. The second kappa shape index (κ2) is 5.43. The summed E-state index contributed by atoms with van der Waals surface area (Å²) < 4.78 is 4.70. The van der Waals surface area contributed by atoms with Crippen molar-refractivity contribution >= 4 is 17.5 Å². The van der Waals surface area contributed by atoms with E-state index in [1.54, 1.807) is 6.92 Å². The van der Waals surface area contributed by atoms with Gasteiger partial charge in [0, 0.05) is 5.92 Å². The molecule has 0 bridgehead atoms.